The Balaban J connectivity index is 2.04. The molecule has 0 saturated heterocycles. The van der Waals surface area contributed by atoms with Crippen LogP contribution < -0.4 is 9.64 Å². The van der Waals surface area contributed by atoms with Crippen LogP contribution in [0, 0.1) is 6.92 Å². The molecule has 0 fully saturated rings. The highest BCUT2D eigenvalue weighted by atomic mass is 35.5. The lowest BCUT2D eigenvalue weighted by Gasteiger charge is -2.22. The average molecular weight is 302 g/mol. The fraction of sp³-hybridized carbons (Fsp3) is 0.235. The van der Waals surface area contributed by atoms with Crippen LogP contribution in [-0.2, 0) is 11.3 Å². The summed E-state index contributed by atoms with van der Waals surface area (Å²) in [5, 5.41) is 0.659. The van der Waals surface area contributed by atoms with E-state index < -0.39 is 6.10 Å². The number of anilines is 1. The Morgan fingerprint density at radius 1 is 1.24 bits per heavy atom. The number of nitrogens with zero attached hydrogens (tertiary/aromatic N) is 1. The number of rotatable bonds is 1. The zero-order valence-electron chi connectivity index (χ0n) is 12.0. The van der Waals surface area contributed by atoms with Gasteiger partial charge >= 0.3 is 0 Å². The lowest BCUT2D eigenvalue weighted by molar-refractivity contribution is -0.124. The maximum absolute atomic E-state index is 12.6. The van der Waals surface area contributed by atoms with Crippen LogP contribution in [0.3, 0.4) is 0 Å². The van der Waals surface area contributed by atoms with E-state index >= 15 is 0 Å². The van der Waals surface area contributed by atoms with Crippen molar-refractivity contribution in [1.82, 2.24) is 0 Å². The topological polar surface area (TPSA) is 29.5 Å². The zero-order valence-corrected chi connectivity index (χ0v) is 12.7. The fourth-order valence-corrected chi connectivity index (χ4v) is 2.60. The van der Waals surface area contributed by atoms with Crippen LogP contribution in [0.2, 0.25) is 5.02 Å². The molecule has 1 amide bonds. The summed E-state index contributed by atoms with van der Waals surface area (Å²) in [6.45, 7) is 4.20. The first kappa shape index (κ1) is 14.0. The molecular formula is C17H16ClNO2. The summed E-state index contributed by atoms with van der Waals surface area (Å²) in [6.07, 6.45) is -0.520. The molecule has 1 heterocycles. The van der Waals surface area contributed by atoms with Gasteiger partial charge in [0.15, 0.2) is 6.10 Å². The smallest absolute Gasteiger partial charge is 0.268 e. The van der Waals surface area contributed by atoms with E-state index in [1.165, 1.54) is 0 Å². The van der Waals surface area contributed by atoms with E-state index in [4.69, 9.17) is 16.3 Å². The van der Waals surface area contributed by atoms with Gasteiger partial charge in [-0.3, -0.25) is 4.79 Å². The SMILES string of the molecule is Cc1ccc(N2Cc3ccccc3OC(C)C2=O)cc1Cl. The van der Waals surface area contributed by atoms with Crippen molar-refractivity contribution in [3.8, 4) is 5.75 Å². The summed E-state index contributed by atoms with van der Waals surface area (Å²) in [6, 6.07) is 13.4. The molecule has 108 valence electrons. The first-order valence-corrected chi connectivity index (χ1v) is 7.26. The highest BCUT2D eigenvalue weighted by Crippen LogP contribution is 2.30. The fourth-order valence-electron chi connectivity index (χ4n) is 2.43. The van der Waals surface area contributed by atoms with Gasteiger partial charge in [-0.15, -0.1) is 0 Å². The second-order valence-electron chi connectivity index (χ2n) is 5.23. The van der Waals surface area contributed by atoms with Crippen molar-refractivity contribution in [2.45, 2.75) is 26.5 Å². The van der Waals surface area contributed by atoms with E-state index in [9.17, 15) is 4.79 Å². The number of aryl methyl sites for hydroxylation is 1. The summed E-state index contributed by atoms with van der Waals surface area (Å²) in [4.78, 5) is 14.3. The van der Waals surface area contributed by atoms with E-state index in [0.717, 1.165) is 22.6 Å². The van der Waals surface area contributed by atoms with Crippen LogP contribution in [0.15, 0.2) is 42.5 Å². The van der Waals surface area contributed by atoms with Crippen molar-refractivity contribution in [3.05, 3.63) is 58.6 Å². The van der Waals surface area contributed by atoms with E-state index in [-0.39, 0.29) is 5.91 Å². The van der Waals surface area contributed by atoms with Crippen molar-refractivity contribution in [2.75, 3.05) is 4.90 Å². The molecule has 21 heavy (non-hydrogen) atoms. The second kappa shape index (κ2) is 5.41. The van der Waals surface area contributed by atoms with Gasteiger partial charge in [-0.25, -0.2) is 0 Å². The van der Waals surface area contributed by atoms with Gasteiger partial charge < -0.3 is 9.64 Å². The van der Waals surface area contributed by atoms with Gasteiger partial charge in [-0.05, 0) is 37.6 Å². The molecular weight excluding hydrogens is 286 g/mol. The van der Waals surface area contributed by atoms with Crippen LogP contribution in [0.4, 0.5) is 5.69 Å². The summed E-state index contributed by atoms with van der Waals surface area (Å²) >= 11 is 6.19. The highest BCUT2D eigenvalue weighted by molar-refractivity contribution is 6.31. The summed E-state index contributed by atoms with van der Waals surface area (Å²) in [5.41, 5.74) is 2.78. The first-order chi connectivity index (χ1) is 10.1. The number of benzene rings is 2. The zero-order chi connectivity index (χ0) is 15.0. The van der Waals surface area contributed by atoms with Crippen LogP contribution in [0.25, 0.3) is 0 Å². The highest BCUT2D eigenvalue weighted by Gasteiger charge is 2.28. The van der Waals surface area contributed by atoms with Crippen molar-refractivity contribution < 1.29 is 9.53 Å². The van der Waals surface area contributed by atoms with E-state index in [1.54, 1.807) is 11.8 Å². The molecule has 2 aromatic carbocycles. The molecule has 3 rings (SSSR count). The van der Waals surface area contributed by atoms with E-state index in [0.29, 0.717) is 11.6 Å². The minimum atomic E-state index is -0.520. The number of para-hydroxylation sites is 1. The molecule has 0 saturated carbocycles. The van der Waals surface area contributed by atoms with Gasteiger partial charge in [0.25, 0.3) is 5.91 Å². The van der Waals surface area contributed by atoms with E-state index in [1.807, 2.05) is 49.4 Å². The van der Waals surface area contributed by atoms with Crippen molar-refractivity contribution in [2.24, 2.45) is 0 Å². The molecule has 1 atom stereocenters. The van der Waals surface area contributed by atoms with Crippen molar-refractivity contribution >= 4 is 23.2 Å². The number of fused-ring (bicyclic) bond motifs is 1. The minimum absolute atomic E-state index is 0.0638. The molecule has 0 N–H and O–H groups in total. The first-order valence-electron chi connectivity index (χ1n) is 6.88. The lowest BCUT2D eigenvalue weighted by Crippen LogP contribution is -2.38. The molecule has 4 heteroatoms. The van der Waals surface area contributed by atoms with Gasteiger partial charge in [0.05, 0.1) is 6.54 Å². The van der Waals surface area contributed by atoms with Crippen LogP contribution in [0.5, 0.6) is 5.75 Å². The molecule has 0 radical (unpaired) electrons. The predicted octanol–water partition coefficient (Wildman–Crippen LogP) is 3.96. The average Bonchev–Trinajstić information content (AvgIpc) is 2.60. The quantitative estimate of drug-likeness (QED) is 0.798. The molecule has 2 aromatic rings. The van der Waals surface area contributed by atoms with Crippen LogP contribution in [-0.4, -0.2) is 12.0 Å². The summed E-state index contributed by atoms with van der Waals surface area (Å²) in [5.74, 6) is 0.699. The van der Waals surface area contributed by atoms with Gasteiger partial charge in [0.2, 0.25) is 0 Å². The molecule has 1 aliphatic rings. The normalized spacial score (nSPS) is 18.0. The van der Waals surface area contributed by atoms with Gasteiger partial charge in [-0.1, -0.05) is 35.9 Å². The van der Waals surface area contributed by atoms with Gasteiger partial charge in [-0.2, -0.15) is 0 Å². The molecule has 0 bridgehead atoms. The van der Waals surface area contributed by atoms with Crippen molar-refractivity contribution in [1.29, 1.82) is 0 Å². The third kappa shape index (κ3) is 2.61. The second-order valence-corrected chi connectivity index (χ2v) is 5.63. The molecule has 1 aliphatic heterocycles. The van der Waals surface area contributed by atoms with Crippen LogP contribution >= 0.6 is 11.6 Å². The number of amides is 1. The Labute approximate surface area is 129 Å². The van der Waals surface area contributed by atoms with E-state index in [2.05, 4.69) is 0 Å². The number of carbonyl (C=O) groups excluding carboxylic acids is 1. The third-order valence-electron chi connectivity index (χ3n) is 3.69. The standard InChI is InChI=1S/C17H16ClNO2/c1-11-7-8-14(9-15(11)18)19-10-13-5-3-4-6-16(13)21-12(2)17(19)20/h3-9,12H,10H2,1-2H3. The molecule has 0 spiro atoms. The number of carbonyl (C=O) groups is 1. The largest absolute Gasteiger partial charge is 0.481 e. The molecule has 1 unspecified atom stereocenters. The van der Waals surface area contributed by atoms with Gasteiger partial charge in [0, 0.05) is 16.3 Å². The summed E-state index contributed by atoms with van der Waals surface area (Å²) < 4.78 is 5.75. The van der Waals surface area contributed by atoms with Gasteiger partial charge in [0.1, 0.15) is 5.75 Å². The Kier molecular flexibility index (Phi) is 3.60. The Hall–Kier alpha value is -2.00. The molecule has 0 aliphatic carbocycles. The third-order valence-corrected chi connectivity index (χ3v) is 4.09. The molecule has 0 aromatic heterocycles. The lowest BCUT2D eigenvalue weighted by atomic mass is 10.1. The number of hydrogen-bond donors (Lipinski definition) is 0. The Bertz CT molecular complexity index is 699. The Morgan fingerprint density at radius 3 is 2.76 bits per heavy atom. The van der Waals surface area contributed by atoms with Crippen LogP contribution in [0.1, 0.15) is 18.1 Å². The summed E-state index contributed by atoms with van der Waals surface area (Å²) in [7, 11) is 0. The number of hydrogen-bond acceptors (Lipinski definition) is 2. The van der Waals surface area contributed by atoms with Crippen molar-refractivity contribution in [3.63, 3.8) is 0 Å². The number of halogens is 1. The minimum Gasteiger partial charge on any atom is -0.481 e. The number of ether oxygens (including phenoxy) is 1. The maximum Gasteiger partial charge on any atom is 0.268 e. The molecule has 3 nitrogen and oxygen atoms in total. The maximum atomic E-state index is 12.6. The monoisotopic (exact) mass is 301 g/mol. The predicted molar refractivity (Wildman–Crippen MR) is 83.9 cm³/mol. The Morgan fingerprint density at radius 2 is 2.00 bits per heavy atom.